The number of benzene rings is 1. The van der Waals surface area contributed by atoms with Crippen LogP contribution in [0.3, 0.4) is 0 Å². The highest BCUT2D eigenvalue weighted by Gasteiger charge is 2.28. The van der Waals surface area contributed by atoms with E-state index in [0.717, 1.165) is 12.8 Å². The summed E-state index contributed by atoms with van der Waals surface area (Å²) in [7, 11) is 0. The van der Waals surface area contributed by atoms with Crippen LogP contribution in [0.15, 0.2) is 24.3 Å². The standard InChI is InChI=1S/C19H27N3O3/c1-13(23)20-16-7-5-6-14(12-16)17(24)22-10-8-15(9-11-22)21-18(25)19(2,3)4/h5-7,12,15H,8-11H2,1-4H3,(H,20,23)(H,21,25). The molecule has 6 nitrogen and oxygen atoms in total. The lowest BCUT2D eigenvalue weighted by Gasteiger charge is -2.33. The first kappa shape index (κ1) is 19.0. The Hall–Kier alpha value is -2.37. The molecular formula is C19H27N3O3. The molecule has 2 N–H and O–H groups in total. The number of carbonyl (C=O) groups excluding carboxylic acids is 3. The van der Waals surface area contributed by atoms with E-state index < -0.39 is 5.41 Å². The summed E-state index contributed by atoms with van der Waals surface area (Å²) < 4.78 is 0. The normalized spacial score (nSPS) is 15.6. The van der Waals surface area contributed by atoms with Crippen molar-refractivity contribution in [3.8, 4) is 0 Å². The zero-order valence-electron chi connectivity index (χ0n) is 15.4. The molecule has 0 aromatic heterocycles. The van der Waals surface area contributed by atoms with Crippen LogP contribution in [0.4, 0.5) is 5.69 Å². The van der Waals surface area contributed by atoms with E-state index in [1.165, 1.54) is 6.92 Å². The molecule has 0 radical (unpaired) electrons. The zero-order chi connectivity index (χ0) is 18.6. The van der Waals surface area contributed by atoms with Crippen LogP contribution in [0.2, 0.25) is 0 Å². The van der Waals surface area contributed by atoms with Crippen LogP contribution >= 0.6 is 0 Å². The van der Waals surface area contributed by atoms with Crippen molar-refractivity contribution in [2.24, 2.45) is 5.41 Å². The van der Waals surface area contributed by atoms with Crippen LogP contribution in [0.25, 0.3) is 0 Å². The fourth-order valence-corrected chi connectivity index (χ4v) is 2.74. The zero-order valence-corrected chi connectivity index (χ0v) is 15.4. The van der Waals surface area contributed by atoms with Crippen molar-refractivity contribution >= 4 is 23.4 Å². The Kier molecular flexibility index (Phi) is 5.82. The van der Waals surface area contributed by atoms with Crippen molar-refractivity contribution in [2.75, 3.05) is 18.4 Å². The van der Waals surface area contributed by atoms with Gasteiger partial charge < -0.3 is 15.5 Å². The molecule has 0 spiro atoms. The summed E-state index contributed by atoms with van der Waals surface area (Å²) in [4.78, 5) is 37.7. The van der Waals surface area contributed by atoms with Crippen LogP contribution in [0, 0.1) is 5.41 Å². The van der Waals surface area contributed by atoms with E-state index in [-0.39, 0.29) is 23.8 Å². The van der Waals surface area contributed by atoms with Crippen LogP contribution in [-0.2, 0) is 9.59 Å². The SMILES string of the molecule is CC(=O)Nc1cccc(C(=O)N2CCC(NC(=O)C(C)(C)C)CC2)c1. The summed E-state index contributed by atoms with van der Waals surface area (Å²) >= 11 is 0. The fraction of sp³-hybridized carbons (Fsp3) is 0.526. The van der Waals surface area contributed by atoms with Gasteiger partial charge in [-0.2, -0.15) is 0 Å². The van der Waals surface area contributed by atoms with E-state index in [4.69, 9.17) is 0 Å². The highest BCUT2D eigenvalue weighted by atomic mass is 16.2. The Morgan fingerprint density at radius 1 is 1.12 bits per heavy atom. The summed E-state index contributed by atoms with van der Waals surface area (Å²) in [6.07, 6.45) is 1.50. The number of likely N-dealkylation sites (tertiary alicyclic amines) is 1. The number of hydrogen-bond donors (Lipinski definition) is 2. The molecule has 1 aromatic carbocycles. The number of nitrogens with zero attached hydrogens (tertiary/aromatic N) is 1. The molecule has 0 atom stereocenters. The van der Waals surface area contributed by atoms with Crippen LogP contribution in [0.5, 0.6) is 0 Å². The molecule has 0 unspecified atom stereocenters. The van der Waals surface area contributed by atoms with Crippen molar-refractivity contribution in [3.05, 3.63) is 29.8 Å². The van der Waals surface area contributed by atoms with E-state index in [1.807, 2.05) is 20.8 Å². The second-order valence-electron chi connectivity index (χ2n) is 7.55. The number of nitrogens with one attached hydrogen (secondary N) is 2. The quantitative estimate of drug-likeness (QED) is 0.883. The molecule has 25 heavy (non-hydrogen) atoms. The number of piperidine rings is 1. The van der Waals surface area contributed by atoms with Gasteiger partial charge in [0.05, 0.1) is 0 Å². The lowest BCUT2D eigenvalue weighted by molar-refractivity contribution is -0.129. The molecular weight excluding hydrogens is 318 g/mol. The van der Waals surface area contributed by atoms with E-state index >= 15 is 0 Å². The first-order valence-corrected chi connectivity index (χ1v) is 8.64. The van der Waals surface area contributed by atoms with Gasteiger partial charge in [-0.1, -0.05) is 26.8 Å². The number of amides is 3. The van der Waals surface area contributed by atoms with Crippen molar-refractivity contribution in [1.29, 1.82) is 0 Å². The molecule has 2 rings (SSSR count). The highest BCUT2D eigenvalue weighted by Crippen LogP contribution is 2.19. The van der Waals surface area contributed by atoms with Gasteiger partial charge in [-0.3, -0.25) is 14.4 Å². The maximum Gasteiger partial charge on any atom is 0.253 e. The molecule has 6 heteroatoms. The van der Waals surface area contributed by atoms with Crippen LogP contribution in [0.1, 0.15) is 50.9 Å². The van der Waals surface area contributed by atoms with Crippen molar-refractivity contribution < 1.29 is 14.4 Å². The first-order chi connectivity index (χ1) is 11.7. The van der Waals surface area contributed by atoms with Crippen LogP contribution in [-0.4, -0.2) is 41.8 Å². The maximum absolute atomic E-state index is 12.7. The smallest absolute Gasteiger partial charge is 0.253 e. The number of rotatable bonds is 3. The summed E-state index contributed by atoms with van der Waals surface area (Å²) in [6, 6.07) is 7.07. The van der Waals surface area contributed by atoms with Gasteiger partial charge in [0.2, 0.25) is 11.8 Å². The van der Waals surface area contributed by atoms with Gasteiger partial charge in [0.1, 0.15) is 0 Å². The predicted octanol–water partition coefficient (Wildman–Crippen LogP) is 2.41. The largest absolute Gasteiger partial charge is 0.353 e. The van der Waals surface area contributed by atoms with Crippen LogP contribution < -0.4 is 10.6 Å². The Balaban J connectivity index is 1.93. The molecule has 1 heterocycles. The van der Waals surface area contributed by atoms with E-state index in [1.54, 1.807) is 29.2 Å². The molecule has 0 bridgehead atoms. The molecule has 1 aliphatic rings. The minimum Gasteiger partial charge on any atom is -0.353 e. The summed E-state index contributed by atoms with van der Waals surface area (Å²) in [5, 5.41) is 5.75. The Morgan fingerprint density at radius 3 is 2.32 bits per heavy atom. The topological polar surface area (TPSA) is 78.5 Å². The average Bonchev–Trinajstić information content (AvgIpc) is 2.53. The lowest BCUT2D eigenvalue weighted by Crippen LogP contribution is -2.49. The first-order valence-electron chi connectivity index (χ1n) is 8.64. The monoisotopic (exact) mass is 345 g/mol. The minimum absolute atomic E-state index is 0.0419. The second-order valence-corrected chi connectivity index (χ2v) is 7.55. The molecule has 3 amide bonds. The third-order valence-corrected chi connectivity index (χ3v) is 4.23. The molecule has 1 aromatic rings. The van der Waals surface area contributed by atoms with Crippen molar-refractivity contribution in [2.45, 2.75) is 46.6 Å². The molecule has 0 aliphatic carbocycles. The maximum atomic E-state index is 12.7. The Labute approximate surface area is 149 Å². The molecule has 1 aliphatic heterocycles. The summed E-state index contributed by atoms with van der Waals surface area (Å²) in [5.74, 6) is -0.173. The third-order valence-electron chi connectivity index (χ3n) is 4.23. The van der Waals surface area contributed by atoms with Gasteiger partial charge in [0, 0.05) is 42.7 Å². The van der Waals surface area contributed by atoms with E-state index in [0.29, 0.717) is 24.3 Å². The van der Waals surface area contributed by atoms with Crippen molar-refractivity contribution in [1.82, 2.24) is 10.2 Å². The number of carbonyl (C=O) groups is 3. The molecule has 1 fully saturated rings. The van der Waals surface area contributed by atoms with Gasteiger partial charge >= 0.3 is 0 Å². The van der Waals surface area contributed by atoms with E-state index in [9.17, 15) is 14.4 Å². The number of hydrogen-bond acceptors (Lipinski definition) is 3. The minimum atomic E-state index is -0.406. The molecule has 136 valence electrons. The summed E-state index contributed by atoms with van der Waals surface area (Å²) in [5.41, 5.74) is 0.769. The lowest BCUT2D eigenvalue weighted by atomic mass is 9.94. The van der Waals surface area contributed by atoms with Gasteiger partial charge in [0.15, 0.2) is 0 Å². The average molecular weight is 345 g/mol. The third kappa shape index (κ3) is 5.31. The highest BCUT2D eigenvalue weighted by molar-refractivity contribution is 5.96. The second kappa shape index (κ2) is 7.68. The number of anilines is 1. The molecule has 0 saturated carbocycles. The Bertz CT molecular complexity index is 656. The van der Waals surface area contributed by atoms with E-state index in [2.05, 4.69) is 10.6 Å². The predicted molar refractivity (Wildman–Crippen MR) is 97.3 cm³/mol. The Morgan fingerprint density at radius 2 is 1.76 bits per heavy atom. The van der Waals surface area contributed by atoms with Crippen molar-refractivity contribution in [3.63, 3.8) is 0 Å². The summed E-state index contributed by atoms with van der Waals surface area (Å²) in [6.45, 7) is 8.33. The fourth-order valence-electron chi connectivity index (χ4n) is 2.74. The van der Waals surface area contributed by atoms with Gasteiger partial charge in [-0.25, -0.2) is 0 Å². The molecule has 1 saturated heterocycles. The van der Waals surface area contributed by atoms with Gasteiger partial charge in [0.25, 0.3) is 5.91 Å². The van der Waals surface area contributed by atoms with Gasteiger partial charge in [-0.05, 0) is 31.0 Å². The van der Waals surface area contributed by atoms with Gasteiger partial charge in [-0.15, -0.1) is 0 Å².